The summed E-state index contributed by atoms with van der Waals surface area (Å²) in [6.07, 6.45) is 14.7. The number of hydrogen-bond acceptors (Lipinski definition) is 2. The maximum Gasteiger partial charge on any atom is 2.00 e. The zero-order valence-electron chi connectivity index (χ0n) is 25.8. The first kappa shape index (κ1) is 29.3. The normalized spacial score (nSPS) is 11.9. The van der Waals surface area contributed by atoms with E-state index in [1.807, 2.05) is 0 Å². The number of hydrogen-bond donors (Lipinski definition) is 1. The van der Waals surface area contributed by atoms with E-state index in [1.165, 1.54) is 0 Å². The van der Waals surface area contributed by atoms with Gasteiger partial charge in [-0.25, -0.2) is 9.97 Å². The Bertz CT molecular complexity index is 2240. The zero-order chi connectivity index (χ0) is 30.5. The Morgan fingerprint density at radius 2 is 0.957 bits per heavy atom. The topological polar surface area (TPSA) is 58.1 Å². The van der Waals surface area contributed by atoms with Crippen molar-refractivity contribution in [3.05, 3.63) is 149 Å². The van der Waals surface area contributed by atoms with Gasteiger partial charge in [0.05, 0.1) is 22.8 Å². The van der Waals surface area contributed by atoms with Gasteiger partial charge in [-0.15, -0.1) is 4.68 Å². The van der Waals surface area contributed by atoms with E-state index in [0.717, 1.165) is 73.3 Å². The molecule has 0 unspecified atom stereocenters. The molecule has 46 heavy (non-hydrogen) atoms. The van der Waals surface area contributed by atoms with Crippen LogP contribution in [0.1, 0.15) is 39.9 Å². The third-order valence-electron chi connectivity index (χ3n) is 8.30. The molecule has 6 aromatic rings. The molecule has 0 spiro atoms. The van der Waals surface area contributed by atoms with Gasteiger partial charge in [-0.1, -0.05) is 16.8 Å². The van der Waals surface area contributed by atoms with Crippen molar-refractivity contribution in [2.75, 3.05) is 0 Å². The molecule has 2 aliphatic rings. The van der Waals surface area contributed by atoms with Crippen molar-refractivity contribution in [3.63, 3.8) is 0 Å². The van der Waals surface area contributed by atoms with Gasteiger partial charge >= 0.3 is 28.4 Å². The van der Waals surface area contributed by atoms with Gasteiger partial charge in [0.2, 0.25) is 11.9 Å². The maximum absolute atomic E-state index is 5.05. The van der Waals surface area contributed by atoms with Crippen molar-refractivity contribution in [1.29, 1.82) is 0 Å². The van der Waals surface area contributed by atoms with Gasteiger partial charge in [-0.2, -0.15) is 9.13 Å². The van der Waals surface area contributed by atoms with Gasteiger partial charge in [0.15, 0.2) is 34.8 Å². The fourth-order valence-electron chi connectivity index (χ4n) is 6.15. The van der Waals surface area contributed by atoms with E-state index in [9.17, 15) is 0 Å². The van der Waals surface area contributed by atoms with Crippen molar-refractivity contribution in [2.45, 2.75) is 20.8 Å². The Labute approximate surface area is 277 Å². The minimum Gasteiger partial charge on any atom is -0.355 e. The fraction of sp³-hybridized carbons (Fsp3) is 0.0789. The Kier molecular flexibility index (Phi) is 7.53. The summed E-state index contributed by atoms with van der Waals surface area (Å²) in [6.45, 7) is 6.42. The minimum atomic E-state index is 0. The van der Waals surface area contributed by atoms with Crippen molar-refractivity contribution in [3.8, 4) is 11.4 Å². The maximum atomic E-state index is 5.05. The predicted molar refractivity (Wildman–Crippen MR) is 177 cm³/mol. The van der Waals surface area contributed by atoms with E-state index >= 15 is 0 Å². The van der Waals surface area contributed by atoms with Crippen LogP contribution in [0.25, 0.3) is 57.7 Å². The Hall–Kier alpha value is -5.43. The number of pyridine rings is 3. The first-order chi connectivity index (χ1) is 22.0. The smallest absolute Gasteiger partial charge is 0.355 e. The largest absolute Gasteiger partial charge is 2.00 e. The minimum absolute atomic E-state index is 0. The number of nitrogens with zero attached hydrogens (tertiary/aromatic N) is 6. The molecule has 0 saturated carbocycles. The van der Waals surface area contributed by atoms with Crippen LogP contribution in [0.5, 0.6) is 0 Å². The second-order valence-electron chi connectivity index (χ2n) is 11.4. The van der Waals surface area contributed by atoms with E-state index in [2.05, 4.69) is 178 Å². The third kappa shape index (κ3) is 5.17. The molecule has 2 aliphatic heterocycles. The molecule has 8 heterocycles. The predicted octanol–water partition coefficient (Wildman–Crippen LogP) is 6.20. The monoisotopic (exact) mass is 641 g/mol. The summed E-state index contributed by atoms with van der Waals surface area (Å²) in [5.74, 6) is 0. The molecule has 0 aliphatic carbocycles. The van der Waals surface area contributed by atoms with E-state index in [-0.39, 0.29) is 17.1 Å². The molecule has 0 atom stereocenters. The van der Waals surface area contributed by atoms with Gasteiger partial charge in [-0.05, 0) is 54.6 Å². The molecule has 7 nitrogen and oxygen atoms in total. The molecular formula is C38H32MnN7+5. The molecule has 0 amide bonds. The second-order valence-corrected chi connectivity index (χ2v) is 11.4. The van der Waals surface area contributed by atoms with Crippen molar-refractivity contribution < 1.29 is 30.9 Å². The van der Waals surface area contributed by atoms with Crippen LogP contribution in [0.15, 0.2) is 110 Å². The standard InChI is InChI=1S/C38H32N7.Mn/c1-26-10-4-7-19-42(26)37-35-24-33-17-15-31(40-33)22-29-13-14-30(39-29)23-32-16-18-34(41-32)25-36(38(37)43-20-8-5-11-27(43)2)45(35)44-21-9-6-12-28(44)3;/h4-25,39H,1-3H3;/q+3;+2. The average Bonchev–Trinajstić information content (AvgIpc) is 3.83. The molecular weight excluding hydrogens is 609 g/mol. The molecule has 0 saturated heterocycles. The molecule has 8 bridgehead atoms. The van der Waals surface area contributed by atoms with Gasteiger partial charge < -0.3 is 4.98 Å². The number of fused-ring (bicyclic) bond motifs is 8. The molecule has 8 heteroatoms. The van der Waals surface area contributed by atoms with E-state index in [0.29, 0.717) is 0 Å². The average molecular weight is 642 g/mol. The molecule has 1 radical (unpaired) electrons. The van der Waals surface area contributed by atoms with Crippen LogP contribution in [0.3, 0.4) is 0 Å². The number of H-pyrrole nitrogens is 1. The van der Waals surface area contributed by atoms with Crippen LogP contribution in [-0.2, 0) is 17.1 Å². The quantitative estimate of drug-likeness (QED) is 0.185. The van der Waals surface area contributed by atoms with Gasteiger partial charge in [0.25, 0.3) is 0 Å². The number of nitrogens with one attached hydrogen (secondary N) is 1. The molecule has 0 aromatic carbocycles. The van der Waals surface area contributed by atoms with Crippen LogP contribution < -0.4 is 13.8 Å². The van der Waals surface area contributed by atoms with Crippen molar-refractivity contribution in [2.24, 2.45) is 0 Å². The fourth-order valence-corrected chi connectivity index (χ4v) is 6.15. The zero-order valence-corrected chi connectivity index (χ0v) is 26.9. The summed E-state index contributed by atoms with van der Waals surface area (Å²) < 4.78 is 9.04. The van der Waals surface area contributed by atoms with Crippen LogP contribution in [0, 0.1) is 20.8 Å². The van der Waals surface area contributed by atoms with Gasteiger partial charge in [-0.3, -0.25) is 0 Å². The van der Waals surface area contributed by atoms with Crippen LogP contribution in [0.4, 0.5) is 0 Å². The van der Waals surface area contributed by atoms with E-state index in [4.69, 9.17) is 9.97 Å². The van der Waals surface area contributed by atoms with Gasteiger partial charge in [0.1, 0.15) is 0 Å². The first-order valence-electron chi connectivity index (χ1n) is 15.1. The molecule has 0 fully saturated rings. The first-order valence-corrected chi connectivity index (χ1v) is 15.1. The van der Waals surface area contributed by atoms with Crippen LogP contribution in [-0.4, -0.2) is 19.6 Å². The van der Waals surface area contributed by atoms with Crippen LogP contribution in [0.2, 0.25) is 0 Å². The van der Waals surface area contributed by atoms with Crippen LogP contribution >= 0.6 is 0 Å². The summed E-state index contributed by atoms with van der Waals surface area (Å²) in [5.41, 5.74) is 12.9. The summed E-state index contributed by atoms with van der Waals surface area (Å²) in [5, 5.41) is 0. The Morgan fingerprint density at radius 1 is 0.522 bits per heavy atom. The van der Waals surface area contributed by atoms with Crippen molar-refractivity contribution in [1.82, 2.24) is 19.6 Å². The molecule has 8 rings (SSSR count). The Morgan fingerprint density at radius 3 is 1.41 bits per heavy atom. The summed E-state index contributed by atoms with van der Waals surface area (Å²) in [4.78, 5) is 13.6. The number of rotatable bonds is 3. The summed E-state index contributed by atoms with van der Waals surface area (Å²) >= 11 is 0. The molecule has 221 valence electrons. The summed E-state index contributed by atoms with van der Waals surface area (Å²) in [7, 11) is 0. The second kappa shape index (κ2) is 11.8. The number of aromatic nitrogens is 7. The Balaban J connectivity index is 0.00000338. The number of aryl methyl sites for hydroxylation is 3. The van der Waals surface area contributed by atoms with E-state index in [1.54, 1.807) is 0 Å². The third-order valence-corrected chi connectivity index (χ3v) is 8.30. The van der Waals surface area contributed by atoms with Crippen molar-refractivity contribution >= 4 is 46.4 Å². The number of aromatic amines is 1. The van der Waals surface area contributed by atoms with Gasteiger partial charge in [0, 0.05) is 80.3 Å². The SMILES string of the molecule is Cc1cccc[n+]1-c1c(-[n+]2ccccc2C)c2cc3nc(cc4ccc(cc5nc(cc1n2-[n+]1ccccc1C)C=C5)[nH]4)C=C3.[Mn+2]. The summed E-state index contributed by atoms with van der Waals surface area (Å²) in [6, 6.07) is 31.6. The molecule has 6 aromatic heterocycles. The van der Waals surface area contributed by atoms with E-state index < -0.39 is 0 Å². The molecule has 1 N–H and O–H groups in total.